The first-order chi connectivity index (χ1) is 12.4. The number of likely N-dealkylation sites (N-methyl/N-ethyl adjacent to an activating group) is 1. The van der Waals surface area contributed by atoms with E-state index in [4.69, 9.17) is 19.9 Å². The highest BCUT2D eigenvalue weighted by Gasteiger charge is 2.85. The van der Waals surface area contributed by atoms with Crippen LogP contribution in [0.4, 0.5) is 0 Å². The molecule has 5 aliphatic rings. The largest absolute Gasteiger partial charge is 0.493 e. The van der Waals surface area contributed by atoms with Crippen molar-refractivity contribution in [2.45, 2.75) is 54.1 Å². The number of amides is 1. The molecule has 26 heavy (non-hydrogen) atoms. The van der Waals surface area contributed by atoms with Gasteiger partial charge in [-0.15, -0.1) is 0 Å². The lowest BCUT2D eigenvalue weighted by Gasteiger charge is -2.62. The molecule has 2 aliphatic carbocycles. The van der Waals surface area contributed by atoms with Crippen molar-refractivity contribution >= 4 is 5.91 Å². The molecule has 7 nitrogen and oxygen atoms in total. The van der Waals surface area contributed by atoms with Crippen molar-refractivity contribution in [3.63, 3.8) is 0 Å². The minimum absolute atomic E-state index is 0.0377. The van der Waals surface area contributed by atoms with Gasteiger partial charge >= 0.3 is 0 Å². The SMILES string of the molecule is COc1ccc2c3c1O[C@H]1[C@]4(C(N)=O)O[C@@H]4C[C@@]4(O)[C@@H](C2)N(C)CC[C@]314. The first-order valence-electron chi connectivity index (χ1n) is 9.17. The average Bonchev–Trinajstić information content (AvgIpc) is 3.21. The van der Waals surface area contributed by atoms with Crippen LogP contribution >= 0.6 is 0 Å². The van der Waals surface area contributed by atoms with Gasteiger partial charge in [0.05, 0.1) is 18.1 Å². The van der Waals surface area contributed by atoms with E-state index in [-0.39, 0.29) is 12.1 Å². The zero-order valence-corrected chi connectivity index (χ0v) is 14.8. The summed E-state index contributed by atoms with van der Waals surface area (Å²) in [6.45, 7) is 0.822. The van der Waals surface area contributed by atoms with Crippen LogP contribution in [0.5, 0.6) is 11.5 Å². The maximum absolute atomic E-state index is 12.4. The molecule has 0 aromatic heterocycles. The van der Waals surface area contributed by atoms with Gasteiger partial charge in [-0.1, -0.05) is 6.07 Å². The van der Waals surface area contributed by atoms with Crippen LogP contribution < -0.4 is 15.2 Å². The number of nitrogens with two attached hydrogens (primary N) is 1. The molecule has 3 N–H and O–H groups in total. The fourth-order valence-electron chi connectivity index (χ4n) is 6.54. The van der Waals surface area contributed by atoms with Crippen LogP contribution in [0.1, 0.15) is 24.0 Å². The Kier molecular flexibility index (Phi) is 2.45. The Hall–Kier alpha value is -1.83. The van der Waals surface area contributed by atoms with E-state index in [1.54, 1.807) is 7.11 Å². The zero-order valence-electron chi connectivity index (χ0n) is 14.8. The van der Waals surface area contributed by atoms with Crippen LogP contribution in [0.3, 0.4) is 0 Å². The molecule has 3 fully saturated rings. The predicted molar refractivity (Wildman–Crippen MR) is 90.2 cm³/mol. The molecule has 2 bridgehead atoms. The summed E-state index contributed by atoms with van der Waals surface area (Å²) in [6.07, 6.45) is 0.838. The Morgan fingerprint density at radius 3 is 3.00 bits per heavy atom. The van der Waals surface area contributed by atoms with E-state index in [1.165, 1.54) is 0 Å². The first kappa shape index (κ1) is 15.2. The van der Waals surface area contributed by atoms with Crippen molar-refractivity contribution < 1.29 is 24.1 Å². The number of rotatable bonds is 2. The molecule has 6 rings (SSSR count). The van der Waals surface area contributed by atoms with Crippen molar-refractivity contribution in [1.82, 2.24) is 4.90 Å². The van der Waals surface area contributed by atoms with Gasteiger partial charge in [-0.05, 0) is 38.1 Å². The summed E-state index contributed by atoms with van der Waals surface area (Å²) in [5, 5.41) is 12.0. The standard InChI is InChI=1S/C19H22N2O5/c1-21-6-5-17-13-9-3-4-10(24-2)14(13)25-15(17)19(16(20)22)12(26-19)8-18(17,23)11(21)7-9/h3-4,11-12,15,23H,5-8H2,1-2H3,(H2,20,22)/t11-,12-,15-,17+,18-,19-/m1/s1. The topological polar surface area (TPSA) is 97.5 Å². The highest BCUT2D eigenvalue weighted by atomic mass is 16.7. The minimum atomic E-state index is -1.15. The molecule has 1 amide bonds. The molecule has 1 saturated carbocycles. The maximum Gasteiger partial charge on any atom is 0.256 e. The number of epoxide rings is 1. The second-order valence-electron chi connectivity index (χ2n) is 8.44. The van der Waals surface area contributed by atoms with Gasteiger partial charge in [0.25, 0.3) is 5.91 Å². The van der Waals surface area contributed by atoms with E-state index in [2.05, 4.69) is 18.0 Å². The number of piperidine rings is 1. The summed E-state index contributed by atoms with van der Waals surface area (Å²) >= 11 is 0. The number of carbonyl (C=O) groups is 1. The molecule has 0 unspecified atom stereocenters. The van der Waals surface area contributed by atoms with Crippen LogP contribution in [0.15, 0.2) is 12.1 Å². The number of hydrogen-bond acceptors (Lipinski definition) is 6. The van der Waals surface area contributed by atoms with Crippen molar-refractivity contribution in [2.24, 2.45) is 5.73 Å². The molecule has 138 valence electrons. The lowest BCUT2D eigenvalue weighted by Crippen LogP contribution is -2.78. The van der Waals surface area contributed by atoms with Gasteiger partial charge in [0.2, 0.25) is 5.60 Å². The number of aliphatic hydroxyl groups is 1. The van der Waals surface area contributed by atoms with Gasteiger partial charge in [-0.3, -0.25) is 4.79 Å². The number of methoxy groups -OCH3 is 1. The van der Waals surface area contributed by atoms with E-state index in [0.717, 1.165) is 24.1 Å². The molecule has 0 radical (unpaired) electrons. The van der Waals surface area contributed by atoms with Crippen molar-refractivity contribution in [1.29, 1.82) is 0 Å². The fourth-order valence-corrected chi connectivity index (χ4v) is 6.54. The zero-order chi connectivity index (χ0) is 18.1. The number of likely N-dealkylation sites (tertiary alicyclic amines) is 1. The van der Waals surface area contributed by atoms with E-state index in [9.17, 15) is 9.90 Å². The molecular weight excluding hydrogens is 336 g/mol. The maximum atomic E-state index is 12.4. The van der Waals surface area contributed by atoms with Gasteiger partial charge in [0, 0.05) is 18.0 Å². The second-order valence-corrected chi connectivity index (χ2v) is 8.44. The highest BCUT2D eigenvalue weighted by molar-refractivity contribution is 5.90. The van der Waals surface area contributed by atoms with E-state index >= 15 is 0 Å². The Bertz CT molecular complexity index is 874. The number of nitrogens with zero attached hydrogens (tertiary/aromatic N) is 1. The van der Waals surface area contributed by atoms with Gasteiger partial charge in [-0.25, -0.2) is 0 Å². The smallest absolute Gasteiger partial charge is 0.256 e. The second kappa shape index (κ2) is 4.18. The van der Waals surface area contributed by atoms with Crippen LogP contribution in [-0.2, 0) is 21.4 Å². The van der Waals surface area contributed by atoms with E-state index < -0.39 is 28.6 Å². The minimum Gasteiger partial charge on any atom is -0.493 e. The summed E-state index contributed by atoms with van der Waals surface area (Å²) < 4.78 is 17.8. The summed E-state index contributed by atoms with van der Waals surface area (Å²) in [5.74, 6) is 0.774. The number of fused-ring (bicyclic) bond motifs is 2. The molecule has 3 aliphatic heterocycles. The van der Waals surface area contributed by atoms with Crippen molar-refractivity contribution in [3.8, 4) is 11.5 Å². The van der Waals surface area contributed by atoms with E-state index in [1.807, 2.05) is 6.07 Å². The van der Waals surface area contributed by atoms with Gasteiger partial charge in [-0.2, -0.15) is 0 Å². The predicted octanol–water partition coefficient (Wildman–Crippen LogP) is -0.288. The number of carbonyl (C=O) groups excluding carboxylic acids is 1. The summed E-state index contributed by atoms with van der Waals surface area (Å²) in [6, 6.07) is 3.93. The Balaban J connectivity index is 1.69. The molecule has 7 heteroatoms. The van der Waals surface area contributed by atoms with Crippen molar-refractivity contribution in [3.05, 3.63) is 23.3 Å². The molecular formula is C19H22N2O5. The van der Waals surface area contributed by atoms with Gasteiger partial charge in [0.15, 0.2) is 17.6 Å². The van der Waals surface area contributed by atoms with Crippen molar-refractivity contribution in [2.75, 3.05) is 20.7 Å². The Morgan fingerprint density at radius 2 is 2.27 bits per heavy atom. The number of hydrogen-bond donors (Lipinski definition) is 2. The van der Waals surface area contributed by atoms with Gasteiger partial charge in [0.1, 0.15) is 6.10 Å². The van der Waals surface area contributed by atoms with Crippen LogP contribution in [0.25, 0.3) is 0 Å². The Morgan fingerprint density at radius 1 is 1.46 bits per heavy atom. The lowest BCUT2D eigenvalue weighted by atomic mass is 9.47. The Labute approximate surface area is 151 Å². The van der Waals surface area contributed by atoms with Crippen LogP contribution in [-0.4, -0.2) is 66.1 Å². The number of benzene rings is 1. The number of primary amides is 1. The third kappa shape index (κ3) is 1.28. The molecule has 1 aromatic carbocycles. The van der Waals surface area contributed by atoms with Gasteiger partial charge < -0.3 is 30.0 Å². The first-order valence-corrected chi connectivity index (χ1v) is 9.17. The molecule has 2 saturated heterocycles. The van der Waals surface area contributed by atoms with E-state index in [0.29, 0.717) is 24.3 Å². The quantitative estimate of drug-likeness (QED) is 0.706. The normalized spacial score (nSPS) is 46.8. The highest BCUT2D eigenvalue weighted by Crippen LogP contribution is 2.71. The third-order valence-electron chi connectivity index (χ3n) is 7.71. The fraction of sp³-hybridized carbons (Fsp3) is 0.632. The summed E-state index contributed by atoms with van der Waals surface area (Å²) in [7, 11) is 3.66. The summed E-state index contributed by atoms with van der Waals surface area (Å²) in [5.41, 5.74) is 5.08. The van der Waals surface area contributed by atoms with Crippen LogP contribution in [0.2, 0.25) is 0 Å². The number of ether oxygens (including phenoxy) is 3. The molecule has 6 atom stereocenters. The van der Waals surface area contributed by atoms with Crippen LogP contribution in [0, 0.1) is 0 Å². The summed E-state index contributed by atoms with van der Waals surface area (Å²) in [4.78, 5) is 14.6. The average molecular weight is 358 g/mol. The third-order valence-corrected chi connectivity index (χ3v) is 7.71. The molecule has 3 heterocycles. The molecule has 1 aromatic rings. The lowest BCUT2D eigenvalue weighted by molar-refractivity contribution is -0.183. The molecule has 1 spiro atoms. The monoisotopic (exact) mass is 358 g/mol.